The van der Waals surface area contributed by atoms with Crippen LogP contribution in [0.1, 0.15) is 115 Å². The van der Waals surface area contributed by atoms with Crippen molar-refractivity contribution in [1.82, 2.24) is 9.88 Å². The van der Waals surface area contributed by atoms with Crippen LogP contribution >= 0.6 is 0 Å². The molecule has 1 aromatic heterocycles. The third kappa shape index (κ3) is 10.0. The van der Waals surface area contributed by atoms with Crippen LogP contribution in [-0.4, -0.2) is 65.1 Å². The van der Waals surface area contributed by atoms with Gasteiger partial charge in [-0.1, -0.05) is 51.1 Å². The summed E-state index contributed by atoms with van der Waals surface area (Å²) in [5, 5.41) is 3.20. The first kappa shape index (κ1) is 39.5. The molecule has 9 nitrogen and oxygen atoms in total. The number of carbonyl (C=O) groups excluding carboxylic acids is 3. The first-order valence-corrected chi connectivity index (χ1v) is 18.8. The molecule has 2 saturated heterocycles. The van der Waals surface area contributed by atoms with Crippen LogP contribution < -0.4 is 5.32 Å². The van der Waals surface area contributed by atoms with Crippen molar-refractivity contribution in [2.45, 2.75) is 142 Å². The van der Waals surface area contributed by atoms with Gasteiger partial charge in [0.15, 0.2) is 12.1 Å². The van der Waals surface area contributed by atoms with Crippen molar-refractivity contribution in [3.05, 3.63) is 71.7 Å². The standard InChI is InChI=1S/C42H55FN2O7/c1-8-32(47)23-35-24-33(49-28(5)50-35)18-20-44-41(48)38-37(29-12-10-9-11-13-29)40(30-14-16-31(43)17-15-30)45(39(38)26(2)3)21-19-34-25-36(22-27(4)46)52-42(6,7)51-34/h9-17,26,28,33-36H,8,18-25H2,1-7H3,(H,44,48). The fourth-order valence-electron chi connectivity index (χ4n) is 7.74. The molecule has 5 rings (SSSR count). The molecule has 1 amide bonds. The zero-order chi connectivity index (χ0) is 37.6. The van der Waals surface area contributed by atoms with Crippen LogP contribution in [0.3, 0.4) is 0 Å². The number of nitrogens with one attached hydrogen (secondary N) is 1. The molecule has 2 aromatic carbocycles. The number of ketones is 2. The second-order valence-electron chi connectivity index (χ2n) is 14.9. The highest BCUT2D eigenvalue weighted by molar-refractivity contribution is 6.06. The van der Waals surface area contributed by atoms with Crippen molar-refractivity contribution < 1.29 is 37.7 Å². The first-order chi connectivity index (χ1) is 24.7. The van der Waals surface area contributed by atoms with Crippen LogP contribution in [0.15, 0.2) is 54.6 Å². The molecule has 2 aliphatic rings. The van der Waals surface area contributed by atoms with Gasteiger partial charge in [-0.3, -0.25) is 14.4 Å². The average molecular weight is 719 g/mol. The van der Waals surface area contributed by atoms with Crippen molar-refractivity contribution in [3.63, 3.8) is 0 Å². The Balaban J connectivity index is 1.50. The third-order valence-corrected chi connectivity index (χ3v) is 9.77. The Morgan fingerprint density at radius 1 is 0.885 bits per heavy atom. The quantitative estimate of drug-likeness (QED) is 0.168. The number of hydrogen-bond acceptors (Lipinski definition) is 7. The molecule has 0 spiro atoms. The lowest BCUT2D eigenvalue weighted by Gasteiger charge is -2.41. The molecule has 0 bridgehead atoms. The zero-order valence-corrected chi connectivity index (χ0v) is 31.7. The van der Waals surface area contributed by atoms with E-state index in [4.69, 9.17) is 18.9 Å². The first-order valence-electron chi connectivity index (χ1n) is 18.8. The number of halogens is 1. The molecule has 3 aromatic rings. The molecular weight excluding hydrogens is 663 g/mol. The summed E-state index contributed by atoms with van der Waals surface area (Å²) in [5.41, 5.74) is 4.73. The molecule has 1 N–H and O–H groups in total. The number of aromatic nitrogens is 1. The van der Waals surface area contributed by atoms with E-state index in [-0.39, 0.29) is 53.6 Å². The van der Waals surface area contributed by atoms with Crippen LogP contribution in [0.4, 0.5) is 4.39 Å². The number of benzene rings is 2. The maximum atomic E-state index is 14.5. The predicted octanol–water partition coefficient (Wildman–Crippen LogP) is 8.37. The van der Waals surface area contributed by atoms with Crippen molar-refractivity contribution >= 4 is 17.5 Å². The SMILES string of the molecule is CCC(=O)CC1CC(CCNC(=O)c2c(-c3ccccc3)c(-c3ccc(F)cc3)n(CCC3CC(CC(C)=O)OC(C)(C)O3)c2C(C)C)OC(C)O1. The maximum absolute atomic E-state index is 14.5. The minimum Gasteiger partial charge on any atom is -0.352 e. The lowest BCUT2D eigenvalue weighted by atomic mass is 9.94. The van der Waals surface area contributed by atoms with Crippen LogP contribution in [-0.2, 0) is 35.1 Å². The number of amides is 1. The molecule has 2 fully saturated rings. The number of Topliss-reactive ketones (excluding diaryl/α,β-unsaturated/α-hetero) is 2. The Bertz CT molecular complexity index is 1680. The highest BCUT2D eigenvalue weighted by Gasteiger charge is 2.37. The van der Waals surface area contributed by atoms with Crippen molar-refractivity contribution in [2.24, 2.45) is 0 Å². The van der Waals surface area contributed by atoms with Crippen LogP contribution in [0.25, 0.3) is 22.4 Å². The third-order valence-electron chi connectivity index (χ3n) is 9.77. The lowest BCUT2D eigenvalue weighted by Crippen LogP contribution is -2.45. The van der Waals surface area contributed by atoms with Gasteiger partial charge < -0.3 is 28.8 Å². The Kier molecular flexibility index (Phi) is 13.2. The predicted molar refractivity (Wildman–Crippen MR) is 198 cm³/mol. The van der Waals surface area contributed by atoms with Gasteiger partial charge in [-0.05, 0) is 81.8 Å². The van der Waals surface area contributed by atoms with Gasteiger partial charge >= 0.3 is 0 Å². The smallest absolute Gasteiger partial charge is 0.253 e. The number of carbonyl (C=O) groups is 3. The van der Waals surface area contributed by atoms with E-state index in [1.54, 1.807) is 19.1 Å². The summed E-state index contributed by atoms with van der Waals surface area (Å²) < 4.78 is 40.9. The molecule has 0 radical (unpaired) electrons. The summed E-state index contributed by atoms with van der Waals surface area (Å²) in [5.74, 6) is -1.22. The van der Waals surface area contributed by atoms with Gasteiger partial charge in [0.1, 0.15) is 17.4 Å². The summed E-state index contributed by atoms with van der Waals surface area (Å²) in [6, 6.07) is 16.3. The van der Waals surface area contributed by atoms with Gasteiger partial charge in [0.25, 0.3) is 5.91 Å². The molecule has 0 saturated carbocycles. The maximum Gasteiger partial charge on any atom is 0.253 e. The van der Waals surface area contributed by atoms with E-state index in [9.17, 15) is 18.8 Å². The summed E-state index contributed by atoms with van der Waals surface area (Å²) >= 11 is 0. The van der Waals surface area contributed by atoms with Gasteiger partial charge in [0.05, 0.1) is 35.7 Å². The summed E-state index contributed by atoms with van der Waals surface area (Å²) in [4.78, 5) is 38.7. The highest BCUT2D eigenvalue weighted by atomic mass is 19.1. The molecule has 5 atom stereocenters. The van der Waals surface area contributed by atoms with Gasteiger partial charge in [-0.2, -0.15) is 0 Å². The summed E-state index contributed by atoms with van der Waals surface area (Å²) in [6.07, 6.45) is 2.26. The van der Waals surface area contributed by atoms with E-state index >= 15 is 0 Å². The molecule has 10 heteroatoms. The monoisotopic (exact) mass is 718 g/mol. The Hall–Kier alpha value is -3.70. The van der Waals surface area contributed by atoms with Crippen LogP contribution in [0.5, 0.6) is 0 Å². The normalized spacial score (nSPS) is 23.1. The van der Waals surface area contributed by atoms with E-state index < -0.39 is 12.1 Å². The minimum atomic E-state index is -0.849. The molecular formula is C42H55FN2O7. The highest BCUT2D eigenvalue weighted by Crippen LogP contribution is 2.43. The van der Waals surface area contributed by atoms with Crippen molar-refractivity contribution in [3.8, 4) is 22.4 Å². The van der Waals surface area contributed by atoms with E-state index in [0.29, 0.717) is 63.6 Å². The Labute approximate surface area is 307 Å². The summed E-state index contributed by atoms with van der Waals surface area (Å²) in [7, 11) is 0. The second kappa shape index (κ2) is 17.4. The number of nitrogens with zero attached hydrogens (tertiary/aromatic N) is 1. The van der Waals surface area contributed by atoms with Gasteiger partial charge in [0.2, 0.25) is 0 Å². The molecule has 2 aliphatic heterocycles. The van der Waals surface area contributed by atoms with Gasteiger partial charge in [-0.25, -0.2) is 4.39 Å². The minimum absolute atomic E-state index is 0.0496. The lowest BCUT2D eigenvalue weighted by molar-refractivity contribution is -0.300. The van der Waals surface area contributed by atoms with E-state index in [1.165, 1.54) is 12.1 Å². The van der Waals surface area contributed by atoms with E-state index in [1.807, 2.05) is 58.0 Å². The topological polar surface area (TPSA) is 105 Å². The Morgan fingerprint density at radius 3 is 2.19 bits per heavy atom. The van der Waals surface area contributed by atoms with Crippen molar-refractivity contribution in [2.75, 3.05) is 6.54 Å². The molecule has 282 valence electrons. The molecule has 5 unspecified atom stereocenters. The van der Waals surface area contributed by atoms with E-state index in [0.717, 1.165) is 28.1 Å². The average Bonchev–Trinajstić information content (AvgIpc) is 3.42. The molecule has 52 heavy (non-hydrogen) atoms. The van der Waals surface area contributed by atoms with E-state index in [2.05, 4.69) is 23.7 Å². The molecule has 3 heterocycles. The zero-order valence-electron chi connectivity index (χ0n) is 31.7. The van der Waals surface area contributed by atoms with Gasteiger partial charge in [0, 0.05) is 56.5 Å². The van der Waals surface area contributed by atoms with Crippen LogP contribution in [0.2, 0.25) is 0 Å². The summed E-state index contributed by atoms with van der Waals surface area (Å²) in [6.45, 7) is 14.1. The van der Waals surface area contributed by atoms with Crippen LogP contribution in [0, 0.1) is 5.82 Å². The largest absolute Gasteiger partial charge is 0.352 e. The number of hydrogen-bond donors (Lipinski definition) is 1. The fourth-order valence-corrected chi connectivity index (χ4v) is 7.74. The Morgan fingerprint density at radius 2 is 1.54 bits per heavy atom. The van der Waals surface area contributed by atoms with Crippen molar-refractivity contribution in [1.29, 1.82) is 0 Å². The number of ether oxygens (including phenoxy) is 4. The second-order valence-corrected chi connectivity index (χ2v) is 14.9. The molecule has 0 aliphatic carbocycles. The number of rotatable bonds is 15. The van der Waals surface area contributed by atoms with Gasteiger partial charge in [-0.15, -0.1) is 0 Å². The fraction of sp³-hybridized carbons (Fsp3) is 0.548.